The molecule has 1 atom stereocenters. The predicted molar refractivity (Wildman–Crippen MR) is 104 cm³/mol. The van der Waals surface area contributed by atoms with E-state index >= 15 is 0 Å². The predicted octanol–water partition coefficient (Wildman–Crippen LogP) is 3.16. The minimum atomic E-state index is -1.43. The lowest BCUT2D eigenvalue weighted by atomic mass is 10.0. The Bertz CT molecular complexity index is 784. The first-order valence-electron chi connectivity index (χ1n) is 9.31. The van der Waals surface area contributed by atoms with E-state index in [1.54, 1.807) is 20.8 Å². The third kappa shape index (κ3) is 6.51. The molecule has 1 aliphatic rings. The number of esters is 2. The molecule has 1 fully saturated rings. The Morgan fingerprint density at radius 1 is 1.14 bits per heavy atom. The molecule has 1 unspecified atom stereocenters. The summed E-state index contributed by atoms with van der Waals surface area (Å²) in [6, 6.07) is 8.32. The van der Waals surface area contributed by atoms with Crippen LogP contribution in [-0.2, 0) is 30.2 Å². The number of hydrogen-bond acceptors (Lipinski definition) is 7. The Balaban J connectivity index is 2.28. The smallest absolute Gasteiger partial charge is 0.408 e. The molecular weight excluding hydrogens is 378 g/mol. The quantitative estimate of drug-likeness (QED) is 0.335. The minimum absolute atomic E-state index is 0.211. The highest BCUT2D eigenvalue weighted by Gasteiger charge is 2.42. The van der Waals surface area contributed by atoms with Gasteiger partial charge in [-0.3, -0.25) is 0 Å². The Labute approximate surface area is 169 Å². The molecule has 2 N–H and O–H groups in total. The first-order valence-corrected chi connectivity index (χ1v) is 9.31. The monoisotopic (exact) mass is 405 g/mol. The summed E-state index contributed by atoms with van der Waals surface area (Å²) >= 11 is 0. The molecule has 0 saturated carbocycles. The summed E-state index contributed by atoms with van der Waals surface area (Å²) < 4.78 is 15.3. The molecule has 158 valence electrons. The van der Waals surface area contributed by atoms with Crippen molar-refractivity contribution in [2.24, 2.45) is 0 Å². The Hall–Kier alpha value is -3.03. The maximum absolute atomic E-state index is 12.3. The minimum Gasteiger partial charge on any atom is -0.509 e. The van der Waals surface area contributed by atoms with Crippen molar-refractivity contribution in [2.75, 3.05) is 0 Å². The Morgan fingerprint density at radius 3 is 2.21 bits per heavy atom. The largest absolute Gasteiger partial charge is 0.509 e. The van der Waals surface area contributed by atoms with E-state index in [2.05, 4.69) is 5.32 Å². The molecule has 29 heavy (non-hydrogen) atoms. The molecule has 0 bridgehead atoms. The van der Waals surface area contributed by atoms with Crippen molar-refractivity contribution in [3.63, 3.8) is 0 Å². The molecule has 8 heteroatoms. The molecular formula is C21H27NO7. The Morgan fingerprint density at radius 2 is 1.69 bits per heavy atom. The third-order valence-corrected chi connectivity index (χ3v) is 3.93. The molecule has 8 nitrogen and oxygen atoms in total. The van der Waals surface area contributed by atoms with Gasteiger partial charge in [-0.15, -0.1) is 0 Å². The molecule has 0 aliphatic carbocycles. The zero-order valence-electron chi connectivity index (χ0n) is 17.3. The summed E-state index contributed by atoms with van der Waals surface area (Å²) in [5, 5.41) is 13.2. The lowest BCUT2D eigenvalue weighted by Gasteiger charge is -2.31. The molecule has 1 heterocycles. The maximum Gasteiger partial charge on any atom is 0.408 e. The highest BCUT2D eigenvalue weighted by molar-refractivity contribution is 6.15. The van der Waals surface area contributed by atoms with Crippen molar-refractivity contribution in [1.29, 1.82) is 0 Å². The number of aliphatic hydroxyl groups excluding tert-OH is 1. The van der Waals surface area contributed by atoms with Crippen LogP contribution < -0.4 is 5.32 Å². The van der Waals surface area contributed by atoms with Gasteiger partial charge in [0, 0.05) is 13.8 Å². The topological polar surface area (TPSA) is 111 Å². The fourth-order valence-electron chi connectivity index (χ4n) is 2.72. The number of cyclic esters (lactones) is 2. The van der Waals surface area contributed by atoms with Gasteiger partial charge in [0.2, 0.25) is 0 Å². The number of benzene rings is 1. The van der Waals surface area contributed by atoms with Crippen LogP contribution in [0.15, 0.2) is 41.7 Å². The van der Waals surface area contributed by atoms with E-state index in [-0.39, 0.29) is 6.42 Å². The van der Waals surface area contributed by atoms with Crippen LogP contribution in [-0.4, -0.2) is 40.6 Å². The molecule has 1 saturated heterocycles. The second kappa shape index (κ2) is 8.55. The van der Waals surface area contributed by atoms with Crippen LogP contribution in [0, 0.1) is 0 Å². The van der Waals surface area contributed by atoms with Crippen LogP contribution in [0.4, 0.5) is 4.79 Å². The van der Waals surface area contributed by atoms with Gasteiger partial charge in [-0.2, -0.15) is 0 Å². The van der Waals surface area contributed by atoms with E-state index in [9.17, 15) is 19.5 Å². The van der Waals surface area contributed by atoms with Gasteiger partial charge in [0.25, 0.3) is 5.79 Å². The van der Waals surface area contributed by atoms with Crippen molar-refractivity contribution in [3.8, 4) is 0 Å². The second-order valence-electron chi connectivity index (χ2n) is 8.16. The summed E-state index contributed by atoms with van der Waals surface area (Å²) in [5.41, 5.74) is -0.446. The highest BCUT2D eigenvalue weighted by atomic mass is 16.7. The fraction of sp³-hybridized carbons (Fsp3) is 0.476. The van der Waals surface area contributed by atoms with Gasteiger partial charge in [-0.1, -0.05) is 30.3 Å². The second-order valence-corrected chi connectivity index (χ2v) is 8.16. The standard InChI is InChI=1S/C21H27NO7/c1-20(2,3)29-19(26)22-14(12-11-13-9-7-6-8-10-13)16(23)15-17(24)27-21(4,5)28-18(15)25/h6-10,14,23H,11-12H2,1-5H3,(H,22,26). The lowest BCUT2D eigenvalue weighted by molar-refractivity contribution is -0.222. The van der Waals surface area contributed by atoms with Crippen molar-refractivity contribution in [3.05, 3.63) is 47.2 Å². The maximum atomic E-state index is 12.3. The summed E-state index contributed by atoms with van der Waals surface area (Å²) in [6.07, 6.45) is -0.114. The summed E-state index contributed by atoms with van der Waals surface area (Å²) in [4.78, 5) is 36.8. The van der Waals surface area contributed by atoms with Crippen molar-refractivity contribution >= 4 is 18.0 Å². The zero-order chi connectivity index (χ0) is 21.8. The van der Waals surface area contributed by atoms with Gasteiger partial charge in [0.05, 0.1) is 6.04 Å². The summed E-state index contributed by atoms with van der Waals surface area (Å²) in [6.45, 7) is 7.90. The number of aliphatic hydroxyl groups is 1. The van der Waals surface area contributed by atoms with Crippen molar-refractivity contribution < 1.29 is 33.7 Å². The first-order chi connectivity index (χ1) is 13.4. The van der Waals surface area contributed by atoms with Crippen LogP contribution in [0.25, 0.3) is 0 Å². The van der Waals surface area contributed by atoms with E-state index in [0.717, 1.165) is 5.56 Å². The van der Waals surface area contributed by atoms with E-state index in [1.165, 1.54) is 13.8 Å². The number of ether oxygens (including phenoxy) is 3. The SMILES string of the molecule is CC(C)(C)OC(=O)NC(CCc1ccccc1)C(O)=C1C(=O)OC(C)(C)OC1=O. The molecule has 1 aromatic carbocycles. The van der Waals surface area contributed by atoms with Crippen molar-refractivity contribution in [2.45, 2.75) is 64.9 Å². The van der Waals surface area contributed by atoms with Gasteiger partial charge in [0.15, 0.2) is 5.57 Å². The number of carbonyl (C=O) groups excluding carboxylic acids is 3. The van der Waals surface area contributed by atoms with E-state index in [0.29, 0.717) is 6.42 Å². The number of rotatable bonds is 5. The zero-order valence-corrected chi connectivity index (χ0v) is 17.3. The molecule has 1 aromatic rings. The molecule has 0 radical (unpaired) electrons. The first kappa shape index (κ1) is 22.3. The van der Waals surface area contributed by atoms with E-state index in [1.807, 2.05) is 30.3 Å². The summed E-state index contributed by atoms with van der Waals surface area (Å²) in [5.74, 6) is -4.09. The fourth-order valence-corrected chi connectivity index (χ4v) is 2.72. The number of nitrogens with one attached hydrogen (secondary N) is 1. The van der Waals surface area contributed by atoms with E-state index < -0.39 is 46.8 Å². The highest BCUT2D eigenvalue weighted by Crippen LogP contribution is 2.26. The molecule has 0 aromatic heterocycles. The average Bonchev–Trinajstić information content (AvgIpc) is 2.56. The number of alkyl carbamates (subject to hydrolysis) is 1. The van der Waals surface area contributed by atoms with Crippen LogP contribution in [0.2, 0.25) is 0 Å². The molecule has 0 spiro atoms. The number of amides is 1. The van der Waals surface area contributed by atoms with Gasteiger partial charge in [-0.05, 0) is 39.2 Å². The average molecular weight is 405 g/mol. The van der Waals surface area contributed by atoms with Gasteiger partial charge in [-0.25, -0.2) is 14.4 Å². The molecule has 1 aliphatic heterocycles. The van der Waals surface area contributed by atoms with Crippen LogP contribution in [0.1, 0.15) is 46.6 Å². The van der Waals surface area contributed by atoms with E-state index in [4.69, 9.17) is 14.2 Å². The van der Waals surface area contributed by atoms with Gasteiger partial charge < -0.3 is 24.6 Å². The molecule has 2 rings (SSSR count). The van der Waals surface area contributed by atoms with Crippen LogP contribution in [0.5, 0.6) is 0 Å². The summed E-state index contributed by atoms with van der Waals surface area (Å²) in [7, 11) is 0. The van der Waals surface area contributed by atoms with Crippen LogP contribution >= 0.6 is 0 Å². The van der Waals surface area contributed by atoms with Gasteiger partial charge >= 0.3 is 18.0 Å². The number of hydrogen-bond donors (Lipinski definition) is 2. The normalized spacial score (nSPS) is 17.1. The molecule has 1 amide bonds. The van der Waals surface area contributed by atoms with Gasteiger partial charge in [0.1, 0.15) is 11.4 Å². The Kier molecular flexibility index (Phi) is 6.56. The number of aryl methyl sites for hydroxylation is 1. The third-order valence-electron chi connectivity index (χ3n) is 3.93. The number of carbonyl (C=O) groups is 3. The van der Waals surface area contributed by atoms with Crippen LogP contribution in [0.3, 0.4) is 0 Å². The lowest BCUT2D eigenvalue weighted by Crippen LogP contribution is -2.45. The van der Waals surface area contributed by atoms with Crippen molar-refractivity contribution in [1.82, 2.24) is 5.32 Å².